The molecule has 2 heterocycles. The van der Waals surface area contributed by atoms with Crippen LogP contribution < -0.4 is 14.8 Å². The Morgan fingerprint density at radius 2 is 1.90 bits per heavy atom. The lowest BCUT2D eigenvalue weighted by Gasteiger charge is -2.22. The van der Waals surface area contributed by atoms with E-state index in [9.17, 15) is 9.59 Å². The Morgan fingerprint density at radius 1 is 1.10 bits per heavy atom. The molecule has 0 radical (unpaired) electrons. The summed E-state index contributed by atoms with van der Waals surface area (Å²) < 4.78 is 11.3. The number of hydrogen-bond donors (Lipinski definition) is 2. The minimum atomic E-state index is -0.581. The van der Waals surface area contributed by atoms with E-state index in [-0.39, 0.29) is 17.9 Å². The molecule has 1 aliphatic heterocycles. The van der Waals surface area contributed by atoms with Crippen LogP contribution >= 0.6 is 0 Å². The van der Waals surface area contributed by atoms with E-state index in [0.717, 1.165) is 22.4 Å². The van der Waals surface area contributed by atoms with Crippen molar-refractivity contribution < 1.29 is 19.1 Å². The van der Waals surface area contributed by atoms with Gasteiger partial charge in [-0.1, -0.05) is 18.2 Å². The number of aromatic nitrogens is 1. The summed E-state index contributed by atoms with van der Waals surface area (Å²) >= 11 is 0. The molecule has 0 unspecified atom stereocenters. The minimum absolute atomic E-state index is 0.199. The molecule has 0 aliphatic carbocycles. The highest BCUT2D eigenvalue weighted by Crippen LogP contribution is 2.27. The van der Waals surface area contributed by atoms with E-state index < -0.39 is 6.04 Å². The molecule has 7 heteroatoms. The van der Waals surface area contributed by atoms with E-state index in [0.29, 0.717) is 18.7 Å². The van der Waals surface area contributed by atoms with Gasteiger partial charge in [0, 0.05) is 24.4 Å². The van der Waals surface area contributed by atoms with Crippen LogP contribution in [0.4, 0.5) is 0 Å². The molecule has 2 atom stereocenters. The largest absolute Gasteiger partial charge is 0.497 e. The van der Waals surface area contributed by atoms with E-state index >= 15 is 0 Å². The zero-order valence-corrected chi connectivity index (χ0v) is 16.3. The van der Waals surface area contributed by atoms with Gasteiger partial charge < -0.3 is 24.7 Å². The normalized spacial score (nSPS) is 18.6. The first-order valence-corrected chi connectivity index (χ1v) is 9.50. The van der Waals surface area contributed by atoms with E-state index in [1.807, 2.05) is 48.5 Å². The SMILES string of the molecule is CNC(=O)[C@@H]1C[C@H](Oc2ccccc2)CN1C(=O)c1cc2cc(OC)ccc2[nH]1. The summed E-state index contributed by atoms with van der Waals surface area (Å²) in [6.45, 7) is 0.338. The van der Waals surface area contributed by atoms with Gasteiger partial charge in [0.25, 0.3) is 5.91 Å². The van der Waals surface area contributed by atoms with E-state index in [1.54, 1.807) is 25.1 Å². The van der Waals surface area contributed by atoms with Crippen LogP contribution in [0.25, 0.3) is 10.9 Å². The van der Waals surface area contributed by atoms with Crippen molar-refractivity contribution in [3.63, 3.8) is 0 Å². The number of nitrogens with one attached hydrogen (secondary N) is 2. The number of ether oxygens (including phenoxy) is 2. The van der Waals surface area contributed by atoms with Crippen LogP contribution in [0, 0.1) is 0 Å². The monoisotopic (exact) mass is 393 g/mol. The molecule has 7 nitrogen and oxygen atoms in total. The Bertz CT molecular complexity index is 1030. The second kappa shape index (κ2) is 7.87. The van der Waals surface area contributed by atoms with Crippen LogP contribution in [-0.4, -0.2) is 54.5 Å². The van der Waals surface area contributed by atoms with Crippen molar-refractivity contribution in [1.82, 2.24) is 15.2 Å². The maximum Gasteiger partial charge on any atom is 0.271 e. The molecule has 1 aromatic heterocycles. The zero-order chi connectivity index (χ0) is 20.4. The first-order valence-electron chi connectivity index (χ1n) is 9.50. The molecule has 0 saturated carbocycles. The molecule has 2 amide bonds. The highest BCUT2D eigenvalue weighted by molar-refractivity contribution is 6.00. The molecule has 0 bridgehead atoms. The van der Waals surface area contributed by atoms with Crippen LogP contribution in [0.3, 0.4) is 0 Å². The number of hydrogen-bond acceptors (Lipinski definition) is 4. The number of fused-ring (bicyclic) bond motifs is 1. The first-order chi connectivity index (χ1) is 14.1. The van der Waals surface area contributed by atoms with Gasteiger partial charge in [0.05, 0.1) is 13.7 Å². The number of H-pyrrole nitrogens is 1. The molecule has 3 aromatic rings. The van der Waals surface area contributed by atoms with Crippen molar-refractivity contribution in [2.24, 2.45) is 0 Å². The maximum atomic E-state index is 13.2. The Morgan fingerprint density at radius 3 is 2.62 bits per heavy atom. The number of aromatic amines is 1. The number of benzene rings is 2. The predicted molar refractivity (Wildman–Crippen MR) is 109 cm³/mol. The van der Waals surface area contributed by atoms with Gasteiger partial charge in [-0.05, 0) is 36.4 Å². The highest BCUT2D eigenvalue weighted by atomic mass is 16.5. The van der Waals surface area contributed by atoms with Crippen molar-refractivity contribution in [3.05, 3.63) is 60.3 Å². The lowest BCUT2D eigenvalue weighted by Crippen LogP contribution is -2.45. The van der Waals surface area contributed by atoms with Crippen LogP contribution in [0.1, 0.15) is 16.9 Å². The van der Waals surface area contributed by atoms with Gasteiger partial charge in [0.2, 0.25) is 5.91 Å². The molecular weight excluding hydrogens is 370 g/mol. The highest BCUT2D eigenvalue weighted by Gasteiger charge is 2.41. The fourth-order valence-corrected chi connectivity index (χ4v) is 3.72. The van der Waals surface area contributed by atoms with Crippen LogP contribution in [-0.2, 0) is 4.79 Å². The third-order valence-corrected chi connectivity index (χ3v) is 5.18. The van der Waals surface area contributed by atoms with Gasteiger partial charge in [-0.3, -0.25) is 9.59 Å². The topological polar surface area (TPSA) is 83.7 Å². The molecule has 4 rings (SSSR count). The lowest BCUT2D eigenvalue weighted by atomic mass is 10.1. The summed E-state index contributed by atoms with van der Waals surface area (Å²) in [4.78, 5) is 30.4. The second-order valence-electron chi connectivity index (χ2n) is 7.01. The van der Waals surface area contributed by atoms with Gasteiger partial charge in [-0.25, -0.2) is 0 Å². The van der Waals surface area contributed by atoms with Crippen molar-refractivity contribution >= 4 is 22.7 Å². The molecule has 2 N–H and O–H groups in total. The molecule has 1 fully saturated rings. The molecule has 1 saturated heterocycles. The predicted octanol–water partition coefficient (Wildman–Crippen LogP) is 2.58. The van der Waals surface area contributed by atoms with Gasteiger partial charge in [0.1, 0.15) is 29.3 Å². The smallest absolute Gasteiger partial charge is 0.271 e. The third kappa shape index (κ3) is 3.76. The standard InChI is InChI=1S/C22H23N3O4/c1-23-21(26)20-12-17(29-15-6-4-3-5-7-15)13-25(20)22(27)19-11-14-10-16(28-2)8-9-18(14)24-19/h3-11,17,20,24H,12-13H2,1-2H3,(H,23,26)/t17-,20-/m0/s1. The maximum absolute atomic E-state index is 13.2. The van der Waals surface area contributed by atoms with Crippen molar-refractivity contribution in [2.45, 2.75) is 18.6 Å². The van der Waals surface area contributed by atoms with E-state index in [1.165, 1.54) is 0 Å². The molecule has 1 aliphatic rings. The van der Waals surface area contributed by atoms with Crippen LogP contribution in [0.5, 0.6) is 11.5 Å². The second-order valence-corrected chi connectivity index (χ2v) is 7.01. The van der Waals surface area contributed by atoms with Crippen LogP contribution in [0.15, 0.2) is 54.6 Å². The van der Waals surface area contributed by atoms with Gasteiger partial charge in [-0.15, -0.1) is 0 Å². The number of likely N-dealkylation sites (tertiary alicyclic amines) is 1. The quantitative estimate of drug-likeness (QED) is 0.698. The van der Waals surface area contributed by atoms with Crippen molar-refractivity contribution in [2.75, 3.05) is 20.7 Å². The number of methoxy groups -OCH3 is 1. The summed E-state index contributed by atoms with van der Waals surface area (Å²) in [5.41, 5.74) is 1.27. The number of para-hydroxylation sites is 1. The number of rotatable bonds is 5. The molecule has 150 valence electrons. The minimum Gasteiger partial charge on any atom is -0.497 e. The van der Waals surface area contributed by atoms with Gasteiger partial charge in [0.15, 0.2) is 0 Å². The fourth-order valence-electron chi connectivity index (χ4n) is 3.72. The Hall–Kier alpha value is -3.48. The van der Waals surface area contributed by atoms with E-state index in [2.05, 4.69) is 10.3 Å². The number of nitrogens with zero attached hydrogens (tertiary/aromatic N) is 1. The Balaban J connectivity index is 1.58. The fraction of sp³-hybridized carbons (Fsp3) is 0.273. The number of likely N-dealkylation sites (N-methyl/N-ethyl adjacent to an activating group) is 1. The van der Waals surface area contributed by atoms with Crippen molar-refractivity contribution in [3.8, 4) is 11.5 Å². The Labute approximate surface area is 168 Å². The number of carbonyl (C=O) groups excluding carboxylic acids is 2. The van der Waals surface area contributed by atoms with Gasteiger partial charge >= 0.3 is 0 Å². The summed E-state index contributed by atoms with van der Waals surface area (Å²) in [7, 11) is 3.18. The summed E-state index contributed by atoms with van der Waals surface area (Å²) in [6, 6.07) is 16.2. The average molecular weight is 393 g/mol. The van der Waals surface area contributed by atoms with Crippen LogP contribution in [0.2, 0.25) is 0 Å². The van der Waals surface area contributed by atoms with E-state index in [4.69, 9.17) is 9.47 Å². The first kappa shape index (κ1) is 18.9. The summed E-state index contributed by atoms with van der Waals surface area (Å²) in [5, 5.41) is 3.53. The number of amides is 2. The zero-order valence-electron chi connectivity index (χ0n) is 16.3. The molecule has 29 heavy (non-hydrogen) atoms. The Kier molecular flexibility index (Phi) is 5.12. The molecule has 2 aromatic carbocycles. The third-order valence-electron chi connectivity index (χ3n) is 5.18. The average Bonchev–Trinajstić information content (AvgIpc) is 3.37. The van der Waals surface area contributed by atoms with Crippen molar-refractivity contribution in [1.29, 1.82) is 0 Å². The molecular formula is C22H23N3O4. The molecule has 0 spiro atoms. The summed E-state index contributed by atoms with van der Waals surface area (Å²) in [5.74, 6) is 1.01. The lowest BCUT2D eigenvalue weighted by molar-refractivity contribution is -0.124. The van der Waals surface area contributed by atoms with Gasteiger partial charge in [-0.2, -0.15) is 0 Å². The number of carbonyl (C=O) groups is 2. The summed E-state index contributed by atoms with van der Waals surface area (Å²) in [6.07, 6.45) is 0.182.